The third kappa shape index (κ3) is 5.12. The maximum Gasteiger partial charge on any atom is 0.417 e. The third-order valence-electron chi connectivity index (χ3n) is 5.16. The summed E-state index contributed by atoms with van der Waals surface area (Å²) in [5.41, 5.74) is -0.932. The molecular formula is C23H22F3N5O4. The number of carbonyl (C=O) groups is 1. The molecule has 0 saturated heterocycles. The quantitative estimate of drug-likeness (QED) is 0.402. The predicted octanol–water partition coefficient (Wildman–Crippen LogP) is 2.18. The molecule has 0 radical (unpaired) electrons. The van der Waals surface area contributed by atoms with E-state index >= 15 is 0 Å². The molecule has 1 amide bonds. The van der Waals surface area contributed by atoms with Gasteiger partial charge in [0.25, 0.3) is 5.91 Å². The highest BCUT2D eigenvalue weighted by molar-refractivity contribution is 5.95. The lowest BCUT2D eigenvalue weighted by molar-refractivity contribution is -0.137. The van der Waals surface area contributed by atoms with Gasteiger partial charge in [0.05, 0.1) is 23.6 Å². The summed E-state index contributed by atoms with van der Waals surface area (Å²) in [5.74, 6) is -0.581. The highest BCUT2D eigenvalue weighted by atomic mass is 19.4. The molecule has 0 fully saturated rings. The fourth-order valence-electron chi connectivity index (χ4n) is 3.54. The minimum absolute atomic E-state index is 0.00338. The molecule has 2 atom stereocenters. The monoisotopic (exact) mass is 489 g/mol. The van der Waals surface area contributed by atoms with Crippen LogP contribution >= 0.6 is 0 Å². The maximum atomic E-state index is 13.7. The van der Waals surface area contributed by atoms with Crippen LogP contribution in [0.2, 0.25) is 0 Å². The van der Waals surface area contributed by atoms with E-state index in [4.69, 9.17) is 9.84 Å². The molecule has 35 heavy (non-hydrogen) atoms. The summed E-state index contributed by atoms with van der Waals surface area (Å²) < 4.78 is 47.8. The molecule has 0 spiro atoms. The van der Waals surface area contributed by atoms with Gasteiger partial charge in [0.15, 0.2) is 17.1 Å². The standard InChI is InChI=1S/C23H22F3N5O4/c1-13-20(22(34)29-19-8-4-5-9-27-19)31-21(28-13)18(35-12-14(33)11-32)10-17(30-31)15-6-2-3-7-16(15)23(24,25)26/h2-10,14,19,27,32-33H,11-12H2,1H3,(H,29,34)/t14-,19?/m1/s1. The number of aryl methyl sites for hydroxylation is 1. The number of imidazole rings is 1. The van der Waals surface area contributed by atoms with Crippen LogP contribution in [0.4, 0.5) is 13.2 Å². The second-order valence-corrected chi connectivity index (χ2v) is 7.73. The number of aliphatic hydroxyl groups is 2. The number of dihydropyridines is 1. The van der Waals surface area contributed by atoms with E-state index in [2.05, 4.69) is 20.7 Å². The average Bonchev–Trinajstić information content (AvgIpc) is 3.18. The van der Waals surface area contributed by atoms with Gasteiger partial charge in [-0.3, -0.25) is 4.79 Å². The first-order valence-electron chi connectivity index (χ1n) is 10.6. The largest absolute Gasteiger partial charge is 0.487 e. The number of aromatic nitrogens is 3. The van der Waals surface area contributed by atoms with Gasteiger partial charge in [-0.05, 0) is 31.3 Å². The number of fused-ring (bicyclic) bond motifs is 1. The number of alkyl halides is 3. The fourth-order valence-corrected chi connectivity index (χ4v) is 3.54. The van der Waals surface area contributed by atoms with Crippen LogP contribution in [0.3, 0.4) is 0 Å². The van der Waals surface area contributed by atoms with Crippen LogP contribution in [-0.4, -0.2) is 56.2 Å². The molecule has 4 rings (SSSR count). The SMILES string of the molecule is Cc1nc2c(OC[C@H](O)CO)cc(-c3ccccc3C(F)(F)F)nn2c1C(=O)NC1C=CC=CN1. The van der Waals surface area contributed by atoms with Gasteiger partial charge in [-0.2, -0.15) is 18.3 Å². The zero-order valence-corrected chi connectivity index (χ0v) is 18.5. The van der Waals surface area contributed by atoms with Crippen molar-refractivity contribution in [2.75, 3.05) is 13.2 Å². The fraction of sp³-hybridized carbons (Fsp3) is 0.261. The second-order valence-electron chi connectivity index (χ2n) is 7.73. The van der Waals surface area contributed by atoms with E-state index in [1.165, 1.54) is 24.3 Å². The highest BCUT2D eigenvalue weighted by Crippen LogP contribution is 2.37. The lowest BCUT2D eigenvalue weighted by Gasteiger charge is -2.18. The average molecular weight is 489 g/mol. The lowest BCUT2D eigenvalue weighted by Crippen LogP contribution is -2.43. The molecule has 0 saturated carbocycles. The van der Waals surface area contributed by atoms with Crippen molar-refractivity contribution in [3.05, 3.63) is 71.7 Å². The molecule has 1 aromatic carbocycles. The van der Waals surface area contributed by atoms with Crippen molar-refractivity contribution in [2.24, 2.45) is 0 Å². The van der Waals surface area contributed by atoms with E-state index in [0.717, 1.165) is 10.6 Å². The molecule has 1 unspecified atom stereocenters. The van der Waals surface area contributed by atoms with Gasteiger partial charge in [0.1, 0.15) is 18.9 Å². The summed E-state index contributed by atoms with van der Waals surface area (Å²) in [6, 6.07) is 6.15. The van der Waals surface area contributed by atoms with E-state index < -0.39 is 36.5 Å². The van der Waals surface area contributed by atoms with Gasteiger partial charge >= 0.3 is 6.18 Å². The molecule has 0 aliphatic carbocycles. The number of ether oxygens (including phenoxy) is 1. The molecule has 2 aromatic heterocycles. The number of nitrogens with one attached hydrogen (secondary N) is 2. The number of rotatable bonds is 7. The topological polar surface area (TPSA) is 121 Å². The van der Waals surface area contributed by atoms with Gasteiger partial charge in [-0.1, -0.05) is 24.3 Å². The minimum atomic E-state index is -4.65. The highest BCUT2D eigenvalue weighted by Gasteiger charge is 2.34. The van der Waals surface area contributed by atoms with Crippen LogP contribution in [0.5, 0.6) is 5.75 Å². The molecule has 4 N–H and O–H groups in total. The summed E-state index contributed by atoms with van der Waals surface area (Å²) in [6.07, 6.45) is 0.449. The van der Waals surface area contributed by atoms with Crippen LogP contribution in [0.1, 0.15) is 21.7 Å². The van der Waals surface area contributed by atoms with E-state index in [9.17, 15) is 23.1 Å². The normalized spacial score (nSPS) is 16.2. The van der Waals surface area contributed by atoms with Crippen molar-refractivity contribution in [3.8, 4) is 17.0 Å². The number of aliphatic hydroxyl groups excluding tert-OH is 2. The van der Waals surface area contributed by atoms with E-state index in [0.29, 0.717) is 0 Å². The molecule has 9 nitrogen and oxygen atoms in total. The third-order valence-corrected chi connectivity index (χ3v) is 5.16. The molecule has 0 bridgehead atoms. The van der Waals surface area contributed by atoms with Crippen LogP contribution in [0.15, 0.2) is 54.8 Å². The van der Waals surface area contributed by atoms with Gasteiger partial charge in [0.2, 0.25) is 0 Å². The number of nitrogens with zero attached hydrogens (tertiary/aromatic N) is 3. The van der Waals surface area contributed by atoms with Crippen molar-refractivity contribution in [1.29, 1.82) is 0 Å². The summed E-state index contributed by atoms with van der Waals surface area (Å²) in [5, 5.41) is 28.8. The van der Waals surface area contributed by atoms with Gasteiger partial charge in [-0.25, -0.2) is 9.50 Å². The molecule has 3 aromatic rings. The Hall–Kier alpha value is -3.90. The number of hydrogen-bond donors (Lipinski definition) is 4. The van der Waals surface area contributed by atoms with Gasteiger partial charge in [-0.15, -0.1) is 0 Å². The van der Waals surface area contributed by atoms with Crippen LogP contribution < -0.4 is 15.4 Å². The lowest BCUT2D eigenvalue weighted by atomic mass is 10.0. The Kier molecular flexibility index (Phi) is 6.76. The number of allylic oxidation sites excluding steroid dienone is 2. The summed E-state index contributed by atoms with van der Waals surface area (Å²) in [7, 11) is 0. The number of amides is 1. The Morgan fingerprint density at radius 3 is 2.77 bits per heavy atom. The number of halogens is 3. The summed E-state index contributed by atoms with van der Waals surface area (Å²) in [4.78, 5) is 17.4. The van der Waals surface area contributed by atoms with Gasteiger partial charge in [0, 0.05) is 11.6 Å². The van der Waals surface area contributed by atoms with E-state index in [1.807, 2.05) is 0 Å². The molecule has 3 heterocycles. The minimum Gasteiger partial charge on any atom is -0.487 e. The first-order valence-corrected chi connectivity index (χ1v) is 10.6. The summed E-state index contributed by atoms with van der Waals surface area (Å²) in [6.45, 7) is 0.624. The molecule has 1 aliphatic rings. The number of benzene rings is 1. The predicted molar refractivity (Wildman–Crippen MR) is 119 cm³/mol. The number of carbonyl (C=O) groups excluding carboxylic acids is 1. The smallest absolute Gasteiger partial charge is 0.417 e. The molecule has 1 aliphatic heterocycles. The molecule has 12 heteroatoms. The van der Waals surface area contributed by atoms with Crippen molar-refractivity contribution < 1.29 is 32.9 Å². The Balaban J connectivity index is 1.85. The van der Waals surface area contributed by atoms with Gasteiger partial charge < -0.3 is 25.6 Å². The maximum absolute atomic E-state index is 13.7. The Morgan fingerprint density at radius 1 is 1.31 bits per heavy atom. The second kappa shape index (κ2) is 9.76. The van der Waals surface area contributed by atoms with Crippen LogP contribution in [0.25, 0.3) is 16.9 Å². The Morgan fingerprint density at radius 2 is 2.09 bits per heavy atom. The number of hydrogen-bond acceptors (Lipinski definition) is 7. The van der Waals surface area contributed by atoms with Crippen molar-refractivity contribution >= 4 is 11.6 Å². The van der Waals surface area contributed by atoms with Crippen LogP contribution in [0, 0.1) is 6.92 Å². The van der Waals surface area contributed by atoms with E-state index in [-0.39, 0.29) is 40.6 Å². The van der Waals surface area contributed by atoms with E-state index in [1.54, 1.807) is 31.4 Å². The summed E-state index contributed by atoms with van der Waals surface area (Å²) >= 11 is 0. The Labute approximate surface area is 197 Å². The van der Waals surface area contributed by atoms with Crippen molar-refractivity contribution in [3.63, 3.8) is 0 Å². The molecule has 184 valence electrons. The van der Waals surface area contributed by atoms with Crippen molar-refractivity contribution in [2.45, 2.75) is 25.4 Å². The first-order chi connectivity index (χ1) is 16.7. The zero-order valence-electron chi connectivity index (χ0n) is 18.5. The van der Waals surface area contributed by atoms with Crippen molar-refractivity contribution in [1.82, 2.24) is 25.2 Å². The van der Waals surface area contributed by atoms with Crippen LogP contribution in [-0.2, 0) is 6.18 Å². The first kappa shape index (κ1) is 24.2. The Bertz CT molecular complexity index is 1300. The zero-order chi connectivity index (χ0) is 25.2. The molecular weight excluding hydrogens is 467 g/mol.